The van der Waals surface area contributed by atoms with Crippen LogP contribution in [0, 0.1) is 5.92 Å². The van der Waals surface area contributed by atoms with Crippen molar-refractivity contribution < 1.29 is 9.53 Å². The molecule has 5 heteroatoms. The van der Waals surface area contributed by atoms with Crippen molar-refractivity contribution in [2.75, 3.05) is 33.3 Å². The average molecular weight is 317 g/mol. The van der Waals surface area contributed by atoms with Gasteiger partial charge in [0.1, 0.15) is 5.75 Å². The lowest BCUT2D eigenvalue weighted by molar-refractivity contribution is -0.118. The van der Waals surface area contributed by atoms with Gasteiger partial charge in [0.2, 0.25) is 5.91 Å². The second kappa shape index (κ2) is 7.32. The average Bonchev–Trinajstić information content (AvgIpc) is 2.84. The molecule has 0 radical (unpaired) electrons. The molecule has 5 nitrogen and oxygen atoms in total. The summed E-state index contributed by atoms with van der Waals surface area (Å²) in [5.41, 5.74) is 6.64. The number of carbonyl (C=O) groups excluding carboxylic acids is 1. The molecular weight excluding hydrogens is 290 g/mol. The number of carbonyl (C=O) groups is 1. The SMILES string of the molecule is COc1ccc(CN2C[C@H]3CC[C@@H](C2)N(CCC(N)=O)C3)cc1. The number of piperidine rings is 1. The van der Waals surface area contributed by atoms with Gasteiger partial charge in [-0.2, -0.15) is 0 Å². The Morgan fingerprint density at radius 3 is 2.70 bits per heavy atom. The lowest BCUT2D eigenvalue weighted by atomic mass is 9.95. The molecule has 1 aromatic rings. The summed E-state index contributed by atoms with van der Waals surface area (Å²) in [6.45, 7) is 5.14. The third-order valence-electron chi connectivity index (χ3n) is 5.11. The van der Waals surface area contributed by atoms with Crippen LogP contribution in [-0.4, -0.2) is 55.0 Å². The van der Waals surface area contributed by atoms with E-state index in [1.807, 2.05) is 12.1 Å². The molecule has 0 saturated carbocycles. The van der Waals surface area contributed by atoms with Gasteiger partial charge >= 0.3 is 0 Å². The molecule has 3 heterocycles. The zero-order valence-electron chi connectivity index (χ0n) is 13.9. The van der Waals surface area contributed by atoms with E-state index in [-0.39, 0.29) is 5.91 Å². The summed E-state index contributed by atoms with van der Waals surface area (Å²) in [7, 11) is 1.70. The first-order chi connectivity index (χ1) is 11.1. The first kappa shape index (κ1) is 16.3. The normalized spacial score (nSPS) is 25.3. The van der Waals surface area contributed by atoms with Crippen LogP contribution in [-0.2, 0) is 11.3 Å². The number of nitrogens with zero attached hydrogens (tertiary/aromatic N) is 2. The van der Waals surface area contributed by atoms with Gasteiger partial charge in [0.05, 0.1) is 7.11 Å². The first-order valence-corrected chi connectivity index (χ1v) is 8.51. The van der Waals surface area contributed by atoms with E-state index in [0.29, 0.717) is 18.4 Å². The minimum absolute atomic E-state index is 0.194. The van der Waals surface area contributed by atoms with Crippen molar-refractivity contribution in [3.8, 4) is 5.75 Å². The summed E-state index contributed by atoms with van der Waals surface area (Å²) < 4.78 is 5.23. The van der Waals surface area contributed by atoms with Crippen LogP contribution in [0.2, 0.25) is 0 Å². The summed E-state index contributed by atoms with van der Waals surface area (Å²) in [5, 5.41) is 0. The highest BCUT2D eigenvalue weighted by atomic mass is 16.5. The molecule has 2 N–H and O–H groups in total. The minimum Gasteiger partial charge on any atom is -0.497 e. The molecule has 2 bridgehead atoms. The number of nitrogens with two attached hydrogens (primary N) is 1. The van der Waals surface area contributed by atoms with E-state index in [9.17, 15) is 4.79 Å². The third-order valence-corrected chi connectivity index (χ3v) is 5.11. The molecule has 0 unspecified atom stereocenters. The minimum atomic E-state index is -0.194. The molecule has 0 spiro atoms. The monoisotopic (exact) mass is 317 g/mol. The number of ether oxygens (including phenoxy) is 1. The number of methoxy groups -OCH3 is 1. The van der Waals surface area contributed by atoms with E-state index in [0.717, 1.165) is 38.5 Å². The lowest BCUT2D eigenvalue weighted by Gasteiger charge is -2.35. The van der Waals surface area contributed by atoms with Crippen LogP contribution >= 0.6 is 0 Å². The van der Waals surface area contributed by atoms with Gasteiger partial charge in [-0.15, -0.1) is 0 Å². The van der Waals surface area contributed by atoms with E-state index in [4.69, 9.17) is 10.5 Å². The summed E-state index contributed by atoms with van der Waals surface area (Å²) in [6, 6.07) is 8.92. The second-order valence-electron chi connectivity index (χ2n) is 6.85. The fourth-order valence-corrected chi connectivity index (χ4v) is 3.92. The third kappa shape index (κ3) is 4.24. The highest BCUT2D eigenvalue weighted by Gasteiger charge is 2.34. The van der Waals surface area contributed by atoms with E-state index in [2.05, 4.69) is 21.9 Å². The van der Waals surface area contributed by atoms with Crippen LogP contribution in [0.4, 0.5) is 0 Å². The molecule has 1 amide bonds. The fourth-order valence-electron chi connectivity index (χ4n) is 3.92. The standard InChI is InChI=1S/C18H27N3O2/c1-23-17-6-3-14(4-7-17)10-20-11-15-2-5-16(13-20)21(12-15)9-8-18(19)22/h3-4,6-7,15-16H,2,5,8-13H2,1H3,(H2,19,22)/t15-,16+/m1/s1. The molecule has 3 aliphatic heterocycles. The van der Waals surface area contributed by atoms with Crippen molar-refractivity contribution in [3.05, 3.63) is 29.8 Å². The molecule has 1 aromatic carbocycles. The van der Waals surface area contributed by atoms with Crippen molar-refractivity contribution in [1.82, 2.24) is 9.80 Å². The van der Waals surface area contributed by atoms with Crippen molar-refractivity contribution >= 4 is 5.91 Å². The van der Waals surface area contributed by atoms with Gasteiger partial charge in [-0.1, -0.05) is 12.1 Å². The Balaban J connectivity index is 1.60. The largest absolute Gasteiger partial charge is 0.497 e. The molecular formula is C18H27N3O2. The van der Waals surface area contributed by atoms with Crippen molar-refractivity contribution in [1.29, 1.82) is 0 Å². The molecule has 3 saturated heterocycles. The smallest absolute Gasteiger partial charge is 0.218 e. The predicted octanol–water partition coefficient (Wildman–Crippen LogP) is 1.47. The Morgan fingerprint density at radius 1 is 1.22 bits per heavy atom. The molecule has 23 heavy (non-hydrogen) atoms. The Morgan fingerprint density at radius 2 is 2.00 bits per heavy atom. The van der Waals surface area contributed by atoms with Crippen LogP contribution in [0.25, 0.3) is 0 Å². The van der Waals surface area contributed by atoms with E-state index >= 15 is 0 Å². The number of primary amides is 1. The van der Waals surface area contributed by atoms with Gasteiger partial charge in [0, 0.05) is 45.2 Å². The zero-order valence-corrected chi connectivity index (χ0v) is 13.9. The van der Waals surface area contributed by atoms with Gasteiger partial charge in [0.15, 0.2) is 0 Å². The van der Waals surface area contributed by atoms with Gasteiger partial charge in [0.25, 0.3) is 0 Å². The second-order valence-corrected chi connectivity index (χ2v) is 6.85. The zero-order chi connectivity index (χ0) is 16.2. The van der Waals surface area contributed by atoms with Crippen molar-refractivity contribution in [2.24, 2.45) is 11.7 Å². The highest BCUT2D eigenvalue weighted by molar-refractivity contribution is 5.73. The molecule has 2 atom stereocenters. The molecule has 3 fully saturated rings. The number of amides is 1. The summed E-state index contributed by atoms with van der Waals surface area (Å²) in [4.78, 5) is 16.1. The Hall–Kier alpha value is -1.59. The first-order valence-electron chi connectivity index (χ1n) is 8.51. The Kier molecular flexibility index (Phi) is 5.18. The lowest BCUT2D eigenvalue weighted by Crippen LogP contribution is -2.45. The molecule has 4 rings (SSSR count). The summed E-state index contributed by atoms with van der Waals surface area (Å²) in [6.07, 6.45) is 3.01. The maximum absolute atomic E-state index is 11.1. The predicted molar refractivity (Wildman–Crippen MR) is 90.2 cm³/mol. The van der Waals surface area contributed by atoms with Crippen LogP contribution in [0.15, 0.2) is 24.3 Å². The summed E-state index contributed by atoms with van der Waals surface area (Å²) in [5.74, 6) is 1.42. The Labute approximate surface area is 138 Å². The molecule has 3 aliphatic rings. The van der Waals surface area contributed by atoms with Crippen LogP contribution in [0.3, 0.4) is 0 Å². The molecule has 0 aromatic heterocycles. The number of benzene rings is 1. The van der Waals surface area contributed by atoms with Gasteiger partial charge in [-0.25, -0.2) is 0 Å². The number of rotatable bonds is 6. The summed E-state index contributed by atoms with van der Waals surface area (Å²) >= 11 is 0. The number of fused-ring (bicyclic) bond motifs is 4. The van der Waals surface area contributed by atoms with Crippen LogP contribution < -0.4 is 10.5 Å². The number of hydrogen-bond donors (Lipinski definition) is 1. The maximum Gasteiger partial charge on any atom is 0.218 e. The van der Waals surface area contributed by atoms with E-state index in [1.54, 1.807) is 7.11 Å². The Bertz CT molecular complexity index is 532. The van der Waals surface area contributed by atoms with E-state index < -0.39 is 0 Å². The fraction of sp³-hybridized carbons (Fsp3) is 0.611. The molecule has 0 aliphatic carbocycles. The maximum atomic E-state index is 11.1. The quantitative estimate of drug-likeness (QED) is 0.863. The van der Waals surface area contributed by atoms with E-state index in [1.165, 1.54) is 18.4 Å². The van der Waals surface area contributed by atoms with Gasteiger partial charge < -0.3 is 10.5 Å². The molecule has 126 valence electrons. The number of hydrogen-bond acceptors (Lipinski definition) is 4. The van der Waals surface area contributed by atoms with Crippen molar-refractivity contribution in [3.63, 3.8) is 0 Å². The van der Waals surface area contributed by atoms with Crippen LogP contribution in [0.5, 0.6) is 5.75 Å². The van der Waals surface area contributed by atoms with Gasteiger partial charge in [-0.05, 0) is 36.5 Å². The topological polar surface area (TPSA) is 58.8 Å². The highest BCUT2D eigenvalue weighted by Crippen LogP contribution is 2.29. The van der Waals surface area contributed by atoms with Crippen LogP contribution in [0.1, 0.15) is 24.8 Å². The van der Waals surface area contributed by atoms with Gasteiger partial charge in [-0.3, -0.25) is 14.6 Å². The van der Waals surface area contributed by atoms with Crippen molar-refractivity contribution in [2.45, 2.75) is 31.8 Å².